The normalized spacial score (nSPS) is 21.4. The van der Waals surface area contributed by atoms with Crippen molar-refractivity contribution in [3.8, 4) is 0 Å². The Labute approximate surface area is 114 Å². The molecule has 0 saturated heterocycles. The number of alkyl halides is 3. The molecule has 1 aliphatic heterocycles. The summed E-state index contributed by atoms with van der Waals surface area (Å²) in [5.74, 6) is 0.548. The van der Waals surface area contributed by atoms with Crippen LogP contribution in [0, 0.1) is 0 Å². The van der Waals surface area contributed by atoms with Gasteiger partial charge in [-0.15, -0.1) is 0 Å². The summed E-state index contributed by atoms with van der Waals surface area (Å²) in [6, 6.07) is 9.28. The van der Waals surface area contributed by atoms with Crippen molar-refractivity contribution < 1.29 is 13.2 Å². The second-order valence-electron chi connectivity index (χ2n) is 4.89. The van der Waals surface area contributed by atoms with E-state index in [2.05, 4.69) is 10.1 Å². The molecule has 0 amide bonds. The van der Waals surface area contributed by atoms with Crippen molar-refractivity contribution in [3.05, 3.63) is 47.5 Å². The Morgan fingerprint density at radius 2 is 2.00 bits per heavy atom. The molecule has 1 aliphatic rings. The van der Waals surface area contributed by atoms with Crippen LogP contribution in [0.2, 0.25) is 0 Å². The highest BCUT2D eigenvalue weighted by molar-refractivity contribution is 5.23. The number of hydrogen-bond acceptors (Lipinski definition) is 2. The molecule has 0 N–H and O–H groups in total. The predicted molar refractivity (Wildman–Crippen MR) is 67.4 cm³/mol. The zero-order valence-corrected chi connectivity index (χ0v) is 10.7. The van der Waals surface area contributed by atoms with E-state index in [9.17, 15) is 13.2 Å². The molecule has 3 rings (SSSR count). The zero-order valence-electron chi connectivity index (χ0n) is 10.7. The molecule has 106 valence electrons. The van der Waals surface area contributed by atoms with E-state index in [1.807, 2.05) is 30.3 Å². The van der Waals surface area contributed by atoms with Gasteiger partial charge in [0.15, 0.2) is 17.8 Å². The predicted octanol–water partition coefficient (Wildman–Crippen LogP) is 3.48. The Morgan fingerprint density at radius 1 is 1.25 bits per heavy atom. The van der Waals surface area contributed by atoms with Crippen LogP contribution in [0.15, 0.2) is 30.3 Å². The fourth-order valence-corrected chi connectivity index (χ4v) is 2.52. The molecule has 0 bridgehead atoms. The van der Waals surface area contributed by atoms with Crippen LogP contribution in [0.4, 0.5) is 13.2 Å². The monoisotopic (exact) mass is 281 g/mol. The maximum absolute atomic E-state index is 14.0. The minimum atomic E-state index is -2.39. The van der Waals surface area contributed by atoms with Crippen LogP contribution < -0.4 is 0 Å². The van der Waals surface area contributed by atoms with E-state index in [0.717, 1.165) is 5.56 Å². The molecule has 3 nitrogen and oxygen atoms in total. The molecule has 0 aliphatic carbocycles. The van der Waals surface area contributed by atoms with Crippen molar-refractivity contribution in [3.63, 3.8) is 0 Å². The highest BCUT2D eigenvalue weighted by Gasteiger charge is 2.35. The van der Waals surface area contributed by atoms with Crippen molar-refractivity contribution in [2.24, 2.45) is 0 Å². The van der Waals surface area contributed by atoms with Gasteiger partial charge in [-0.1, -0.05) is 30.3 Å². The first-order valence-corrected chi connectivity index (χ1v) is 6.57. The van der Waals surface area contributed by atoms with Gasteiger partial charge in [0.05, 0.1) is 6.04 Å². The minimum absolute atomic E-state index is 0.0753. The second-order valence-corrected chi connectivity index (χ2v) is 4.89. The van der Waals surface area contributed by atoms with E-state index < -0.39 is 12.6 Å². The molecule has 20 heavy (non-hydrogen) atoms. The van der Waals surface area contributed by atoms with Gasteiger partial charge in [0, 0.05) is 19.3 Å². The van der Waals surface area contributed by atoms with Crippen LogP contribution in [-0.2, 0) is 6.42 Å². The Hall–Kier alpha value is -1.85. The fraction of sp³-hybridized carbons (Fsp3) is 0.429. The van der Waals surface area contributed by atoms with E-state index in [0.29, 0.717) is 12.2 Å². The molecular weight excluding hydrogens is 267 g/mol. The van der Waals surface area contributed by atoms with Gasteiger partial charge in [-0.2, -0.15) is 5.10 Å². The average molecular weight is 281 g/mol. The summed E-state index contributed by atoms with van der Waals surface area (Å²) in [6.07, 6.45) is -3.50. The molecular formula is C14H14F3N3. The number of benzene rings is 1. The third-order valence-corrected chi connectivity index (χ3v) is 3.48. The number of aryl methyl sites for hydroxylation is 1. The van der Waals surface area contributed by atoms with Crippen LogP contribution in [0.3, 0.4) is 0 Å². The van der Waals surface area contributed by atoms with Crippen molar-refractivity contribution in [2.75, 3.05) is 0 Å². The number of halogens is 3. The Morgan fingerprint density at radius 3 is 2.70 bits per heavy atom. The summed E-state index contributed by atoms with van der Waals surface area (Å²) in [4.78, 5) is 4.06. The summed E-state index contributed by atoms with van der Waals surface area (Å²) in [5.41, 5.74) is 0.958. The zero-order chi connectivity index (χ0) is 14.1. The standard InChI is InChI=1S/C14H14F3N3/c15-10-8-11(9-4-2-1-3-5-9)20-14(10)18-13(19-20)7-6-12(16)17/h1-5,10-12H,6-8H2. The maximum Gasteiger partial charge on any atom is 0.239 e. The summed E-state index contributed by atoms with van der Waals surface area (Å²) in [5, 5.41) is 4.20. The Kier molecular flexibility index (Phi) is 3.46. The fourth-order valence-electron chi connectivity index (χ4n) is 2.52. The summed E-state index contributed by atoms with van der Waals surface area (Å²) in [7, 11) is 0. The average Bonchev–Trinajstić information content (AvgIpc) is 2.98. The molecule has 6 heteroatoms. The molecule has 1 aromatic carbocycles. The van der Waals surface area contributed by atoms with Crippen molar-refractivity contribution in [2.45, 2.75) is 37.9 Å². The maximum atomic E-state index is 14.0. The molecule has 1 aromatic heterocycles. The van der Waals surface area contributed by atoms with Gasteiger partial charge in [0.1, 0.15) is 0 Å². The number of aromatic nitrogens is 3. The van der Waals surface area contributed by atoms with Crippen LogP contribution in [0.1, 0.15) is 42.3 Å². The van der Waals surface area contributed by atoms with Crippen LogP contribution in [-0.4, -0.2) is 21.2 Å². The lowest BCUT2D eigenvalue weighted by atomic mass is 10.0. The molecule has 2 heterocycles. The first kappa shape index (κ1) is 13.1. The molecule has 0 radical (unpaired) electrons. The molecule has 0 fully saturated rings. The SMILES string of the molecule is FC(F)CCc1nc2n(n1)C(c1ccccc1)CC2F. The van der Waals surface area contributed by atoms with E-state index in [1.165, 1.54) is 0 Å². The first-order valence-electron chi connectivity index (χ1n) is 6.57. The lowest BCUT2D eigenvalue weighted by Gasteiger charge is -2.11. The Balaban J connectivity index is 1.86. The largest absolute Gasteiger partial charge is 0.239 e. The summed E-state index contributed by atoms with van der Waals surface area (Å²) in [6.45, 7) is 0. The number of fused-ring (bicyclic) bond motifs is 1. The molecule has 2 unspecified atom stereocenters. The van der Waals surface area contributed by atoms with E-state index in [-0.39, 0.29) is 24.7 Å². The third kappa shape index (κ3) is 2.42. The quantitative estimate of drug-likeness (QED) is 0.859. The van der Waals surface area contributed by atoms with Crippen LogP contribution in [0.25, 0.3) is 0 Å². The smallest absolute Gasteiger partial charge is 0.239 e. The van der Waals surface area contributed by atoms with Gasteiger partial charge in [0.25, 0.3) is 0 Å². The van der Waals surface area contributed by atoms with Gasteiger partial charge < -0.3 is 0 Å². The van der Waals surface area contributed by atoms with E-state index in [4.69, 9.17) is 0 Å². The van der Waals surface area contributed by atoms with Gasteiger partial charge in [0.2, 0.25) is 6.43 Å². The highest BCUT2D eigenvalue weighted by Crippen LogP contribution is 2.39. The number of rotatable bonds is 4. The molecule has 2 aromatic rings. The van der Waals surface area contributed by atoms with Crippen LogP contribution in [0.5, 0.6) is 0 Å². The van der Waals surface area contributed by atoms with Gasteiger partial charge in [-0.25, -0.2) is 22.8 Å². The van der Waals surface area contributed by atoms with Crippen molar-refractivity contribution >= 4 is 0 Å². The summed E-state index contributed by atoms with van der Waals surface area (Å²) >= 11 is 0. The summed E-state index contributed by atoms with van der Waals surface area (Å²) < 4.78 is 39.9. The second kappa shape index (κ2) is 5.26. The lowest BCUT2D eigenvalue weighted by Crippen LogP contribution is -2.08. The third-order valence-electron chi connectivity index (χ3n) is 3.48. The first-order chi connectivity index (χ1) is 9.65. The van der Waals surface area contributed by atoms with E-state index >= 15 is 0 Å². The topological polar surface area (TPSA) is 30.7 Å². The van der Waals surface area contributed by atoms with E-state index in [1.54, 1.807) is 4.68 Å². The number of nitrogens with zero attached hydrogens (tertiary/aromatic N) is 3. The number of hydrogen-bond donors (Lipinski definition) is 0. The minimum Gasteiger partial charge on any atom is -0.239 e. The van der Waals surface area contributed by atoms with Gasteiger partial charge in [-0.3, -0.25) is 0 Å². The molecule has 0 saturated carbocycles. The lowest BCUT2D eigenvalue weighted by molar-refractivity contribution is 0.137. The van der Waals surface area contributed by atoms with Crippen molar-refractivity contribution in [1.82, 2.24) is 14.8 Å². The van der Waals surface area contributed by atoms with Gasteiger partial charge in [-0.05, 0) is 5.56 Å². The van der Waals surface area contributed by atoms with Crippen LogP contribution >= 0.6 is 0 Å². The molecule has 0 spiro atoms. The highest BCUT2D eigenvalue weighted by atomic mass is 19.3. The van der Waals surface area contributed by atoms with Gasteiger partial charge >= 0.3 is 0 Å². The molecule has 2 atom stereocenters. The Bertz CT molecular complexity index is 583. The van der Waals surface area contributed by atoms with Crippen molar-refractivity contribution in [1.29, 1.82) is 0 Å².